The summed E-state index contributed by atoms with van der Waals surface area (Å²) < 4.78 is 0. The Morgan fingerprint density at radius 3 is 2.43 bits per heavy atom. The van der Waals surface area contributed by atoms with E-state index in [2.05, 4.69) is 24.5 Å². The molecule has 0 fully saturated rings. The van der Waals surface area contributed by atoms with E-state index >= 15 is 0 Å². The predicted molar refractivity (Wildman–Crippen MR) is 57.0 cm³/mol. The first-order valence-electron chi connectivity index (χ1n) is 5.16. The average molecular weight is 202 g/mol. The summed E-state index contributed by atoms with van der Waals surface area (Å²) in [5.41, 5.74) is 0. The van der Waals surface area contributed by atoms with Gasteiger partial charge < -0.3 is 15.7 Å². The molecule has 1 unspecified atom stereocenters. The lowest BCUT2D eigenvalue weighted by molar-refractivity contribution is -0.118. The van der Waals surface area contributed by atoms with Gasteiger partial charge in [-0.3, -0.25) is 4.79 Å². The maximum atomic E-state index is 10.6. The molecule has 0 aromatic rings. The van der Waals surface area contributed by atoms with Crippen molar-refractivity contribution in [2.75, 3.05) is 19.7 Å². The van der Waals surface area contributed by atoms with E-state index in [0.29, 0.717) is 18.5 Å². The third-order valence-electron chi connectivity index (χ3n) is 2.15. The van der Waals surface area contributed by atoms with E-state index in [9.17, 15) is 4.79 Å². The Hall–Kier alpha value is -0.610. The van der Waals surface area contributed by atoms with E-state index in [1.807, 2.05) is 0 Å². The highest BCUT2D eigenvalue weighted by atomic mass is 16.3. The van der Waals surface area contributed by atoms with Crippen LogP contribution in [0.15, 0.2) is 0 Å². The molecule has 0 aromatic heterocycles. The Kier molecular flexibility index (Phi) is 7.42. The maximum Gasteiger partial charge on any atom is 0.216 e. The highest BCUT2D eigenvalue weighted by Gasteiger charge is 2.10. The zero-order chi connectivity index (χ0) is 11.0. The molecule has 0 saturated heterocycles. The molecule has 3 N–H and O–H groups in total. The number of carbonyl (C=O) groups is 1. The Balaban J connectivity index is 3.55. The van der Waals surface area contributed by atoms with Crippen molar-refractivity contribution < 1.29 is 9.90 Å². The largest absolute Gasteiger partial charge is 0.396 e. The summed E-state index contributed by atoms with van der Waals surface area (Å²) in [7, 11) is 0. The average Bonchev–Trinajstić information content (AvgIpc) is 2.09. The van der Waals surface area contributed by atoms with Gasteiger partial charge in [-0.15, -0.1) is 0 Å². The van der Waals surface area contributed by atoms with Gasteiger partial charge in [0.15, 0.2) is 0 Å². The Labute approximate surface area is 86.1 Å². The number of nitrogens with one attached hydrogen (secondary N) is 2. The molecule has 0 spiro atoms. The van der Waals surface area contributed by atoms with Crippen molar-refractivity contribution in [2.45, 2.75) is 33.2 Å². The summed E-state index contributed by atoms with van der Waals surface area (Å²) in [4.78, 5) is 10.6. The number of aliphatic hydroxyl groups excluding tert-OH is 1. The molecule has 1 amide bonds. The molecule has 14 heavy (non-hydrogen) atoms. The molecule has 4 heteroatoms. The van der Waals surface area contributed by atoms with Crippen LogP contribution >= 0.6 is 0 Å². The number of hydrogen-bond acceptors (Lipinski definition) is 3. The van der Waals surface area contributed by atoms with Crippen LogP contribution in [0.2, 0.25) is 0 Å². The molecule has 0 rings (SSSR count). The van der Waals surface area contributed by atoms with Crippen LogP contribution in [-0.2, 0) is 4.79 Å². The minimum Gasteiger partial charge on any atom is -0.396 e. The third kappa shape index (κ3) is 6.86. The van der Waals surface area contributed by atoms with Crippen molar-refractivity contribution >= 4 is 5.91 Å². The summed E-state index contributed by atoms with van der Waals surface area (Å²) in [6.07, 6.45) is 0.762. The van der Waals surface area contributed by atoms with E-state index in [4.69, 9.17) is 5.11 Å². The van der Waals surface area contributed by atoms with Gasteiger partial charge in [-0.2, -0.15) is 0 Å². The molecule has 1 atom stereocenters. The molecule has 84 valence electrons. The zero-order valence-electron chi connectivity index (χ0n) is 9.34. The van der Waals surface area contributed by atoms with Crippen molar-refractivity contribution in [3.05, 3.63) is 0 Å². The summed E-state index contributed by atoms with van der Waals surface area (Å²) in [5.74, 6) is 0.495. The second kappa shape index (κ2) is 7.76. The van der Waals surface area contributed by atoms with E-state index in [1.165, 1.54) is 6.92 Å². The summed E-state index contributed by atoms with van der Waals surface area (Å²) in [6.45, 7) is 7.34. The van der Waals surface area contributed by atoms with Crippen LogP contribution in [0.4, 0.5) is 0 Å². The van der Waals surface area contributed by atoms with Gasteiger partial charge in [-0.1, -0.05) is 13.8 Å². The molecule has 0 aromatic carbocycles. The van der Waals surface area contributed by atoms with Crippen LogP contribution in [0, 0.1) is 5.92 Å². The SMILES string of the molecule is CC(=O)NCCNC(CCO)C(C)C. The first kappa shape index (κ1) is 13.4. The zero-order valence-corrected chi connectivity index (χ0v) is 9.34. The maximum absolute atomic E-state index is 10.6. The molecule has 0 radical (unpaired) electrons. The lowest BCUT2D eigenvalue weighted by Crippen LogP contribution is -2.39. The van der Waals surface area contributed by atoms with Crippen molar-refractivity contribution in [3.8, 4) is 0 Å². The van der Waals surface area contributed by atoms with E-state index < -0.39 is 0 Å². The normalized spacial score (nSPS) is 12.9. The van der Waals surface area contributed by atoms with Crippen LogP contribution < -0.4 is 10.6 Å². The molecule has 0 aliphatic carbocycles. The topological polar surface area (TPSA) is 61.4 Å². The highest BCUT2D eigenvalue weighted by Crippen LogP contribution is 2.04. The number of amides is 1. The van der Waals surface area contributed by atoms with Crippen molar-refractivity contribution in [3.63, 3.8) is 0 Å². The van der Waals surface area contributed by atoms with Crippen LogP contribution in [0.5, 0.6) is 0 Å². The fourth-order valence-corrected chi connectivity index (χ4v) is 1.31. The van der Waals surface area contributed by atoms with Crippen molar-refractivity contribution in [1.82, 2.24) is 10.6 Å². The molecule has 0 saturated carbocycles. The lowest BCUT2D eigenvalue weighted by Gasteiger charge is -2.21. The summed E-state index contributed by atoms with van der Waals surface area (Å²) >= 11 is 0. The van der Waals surface area contributed by atoms with Crippen LogP contribution in [0.25, 0.3) is 0 Å². The van der Waals surface area contributed by atoms with Crippen LogP contribution in [0.3, 0.4) is 0 Å². The minimum atomic E-state index is -0.00458. The fraction of sp³-hybridized carbons (Fsp3) is 0.900. The molecule has 4 nitrogen and oxygen atoms in total. The predicted octanol–water partition coefficient (Wildman–Crippen LogP) is 0.119. The Morgan fingerprint density at radius 1 is 1.36 bits per heavy atom. The molecule has 0 heterocycles. The van der Waals surface area contributed by atoms with Crippen LogP contribution in [-0.4, -0.2) is 36.8 Å². The standard InChI is InChI=1S/C10H22N2O2/c1-8(2)10(4-7-13)12-6-5-11-9(3)14/h8,10,12-13H,4-7H2,1-3H3,(H,11,14). The number of hydrogen-bond donors (Lipinski definition) is 3. The molecular weight excluding hydrogens is 180 g/mol. The highest BCUT2D eigenvalue weighted by molar-refractivity contribution is 5.72. The van der Waals surface area contributed by atoms with Crippen molar-refractivity contribution in [1.29, 1.82) is 0 Å². The first-order chi connectivity index (χ1) is 6.57. The smallest absolute Gasteiger partial charge is 0.216 e. The fourth-order valence-electron chi connectivity index (χ4n) is 1.31. The van der Waals surface area contributed by atoms with E-state index in [1.54, 1.807) is 0 Å². The monoisotopic (exact) mass is 202 g/mol. The Morgan fingerprint density at radius 2 is 2.00 bits per heavy atom. The number of carbonyl (C=O) groups excluding carboxylic acids is 1. The van der Waals surface area contributed by atoms with Crippen molar-refractivity contribution in [2.24, 2.45) is 5.92 Å². The lowest BCUT2D eigenvalue weighted by atomic mass is 10.0. The second-order valence-corrected chi connectivity index (χ2v) is 3.80. The molecule has 0 bridgehead atoms. The summed E-state index contributed by atoms with van der Waals surface area (Å²) in [5, 5.41) is 14.8. The Bertz CT molecular complexity index is 160. The van der Waals surface area contributed by atoms with Gasteiger partial charge in [0, 0.05) is 32.7 Å². The minimum absolute atomic E-state index is 0.00458. The van der Waals surface area contributed by atoms with Gasteiger partial charge in [-0.25, -0.2) is 0 Å². The van der Waals surface area contributed by atoms with Crippen LogP contribution in [0.1, 0.15) is 27.2 Å². The van der Waals surface area contributed by atoms with Gasteiger partial charge in [0.05, 0.1) is 0 Å². The molecular formula is C10H22N2O2. The van der Waals surface area contributed by atoms with Gasteiger partial charge in [0.25, 0.3) is 0 Å². The first-order valence-corrected chi connectivity index (χ1v) is 5.16. The van der Waals surface area contributed by atoms with Gasteiger partial charge in [-0.05, 0) is 12.3 Å². The number of rotatable bonds is 7. The number of aliphatic hydroxyl groups is 1. The molecule has 0 aliphatic rings. The molecule has 0 aliphatic heterocycles. The van der Waals surface area contributed by atoms with E-state index in [0.717, 1.165) is 13.0 Å². The van der Waals surface area contributed by atoms with Gasteiger partial charge in [0.2, 0.25) is 5.91 Å². The summed E-state index contributed by atoms with van der Waals surface area (Å²) in [6, 6.07) is 0.328. The quantitative estimate of drug-likeness (QED) is 0.514. The van der Waals surface area contributed by atoms with Gasteiger partial charge >= 0.3 is 0 Å². The second-order valence-electron chi connectivity index (χ2n) is 3.80. The van der Waals surface area contributed by atoms with Gasteiger partial charge in [0.1, 0.15) is 0 Å². The van der Waals surface area contributed by atoms with E-state index in [-0.39, 0.29) is 12.5 Å². The third-order valence-corrected chi connectivity index (χ3v) is 2.15.